The fraction of sp³-hybridized carbons (Fsp3) is 0.467. The molecule has 1 N–H and O–H groups in total. The minimum atomic E-state index is -3.50. The summed E-state index contributed by atoms with van der Waals surface area (Å²) in [5, 5.41) is 3.19. The Morgan fingerprint density at radius 2 is 2.10 bits per heavy atom. The molecule has 0 aromatic heterocycles. The van der Waals surface area contributed by atoms with Crippen LogP contribution in [0, 0.1) is 0 Å². The molecule has 0 fully saturated rings. The molecular weight excluding hydrogens is 288 g/mol. The lowest BCUT2D eigenvalue weighted by Gasteiger charge is -2.17. The van der Waals surface area contributed by atoms with Crippen molar-refractivity contribution in [3.8, 4) is 5.75 Å². The molecule has 5 nitrogen and oxygen atoms in total. The quantitative estimate of drug-likeness (QED) is 0.709. The molecule has 6 heteroatoms. The molecular formula is C15H24N2O3S. The number of sulfonamides is 1. The lowest BCUT2D eigenvalue weighted by Crippen LogP contribution is -2.27. The Labute approximate surface area is 127 Å². The van der Waals surface area contributed by atoms with E-state index in [1.54, 1.807) is 24.3 Å². The highest BCUT2D eigenvalue weighted by molar-refractivity contribution is 7.89. The second-order valence-electron chi connectivity index (χ2n) is 4.56. The number of hydrogen-bond donors (Lipinski definition) is 1. The zero-order valence-electron chi connectivity index (χ0n) is 12.9. The van der Waals surface area contributed by atoms with Gasteiger partial charge in [-0.3, -0.25) is 0 Å². The lowest BCUT2D eigenvalue weighted by molar-refractivity contribution is 0.335. The van der Waals surface area contributed by atoms with Crippen LogP contribution in [0.3, 0.4) is 0 Å². The molecule has 0 atom stereocenters. The molecule has 0 saturated carbocycles. The molecule has 21 heavy (non-hydrogen) atoms. The highest BCUT2D eigenvalue weighted by atomic mass is 32.2. The van der Waals surface area contributed by atoms with Crippen molar-refractivity contribution in [3.63, 3.8) is 0 Å². The average molecular weight is 312 g/mol. The average Bonchev–Trinajstić information content (AvgIpc) is 2.46. The SMILES string of the molecule is C=CCN(C)S(=O)(=O)c1ccc(OCC)c(CNCC)c1. The second-order valence-corrected chi connectivity index (χ2v) is 6.60. The molecule has 0 spiro atoms. The van der Waals surface area contributed by atoms with Crippen molar-refractivity contribution in [1.29, 1.82) is 0 Å². The van der Waals surface area contributed by atoms with E-state index in [4.69, 9.17) is 4.74 Å². The number of benzene rings is 1. The maximum Gasteiger partial charge on any atom is 0.243 e. The minimum absolute atomic E-state index is 0.267. The highest BCUT2D eigenvalue weighted by Gasteiger charge is 2.21. The Hall–Kier alpha value is -1.37. The van der Waals surface area contributed by atoms with Gasteiger partial charge in [0.1, 0.15) is 5.75 Å². The molecule has 0 aliphatic rings. The molecule has 0 amide bonds. The first kappa shape index (κ1) is 17.7. The van der Waals surface area contributed by atoms with E-state index in [-0.39, 0.29) is 11.4 Å². The molecule has 0 aliphatic carbocycles. The van der Waals surface area contributed by atoms with Crippen LogP contribution in [0.4, 0.5) is 0 Å². The van der Waals surface area contributed by atoms with Gasteiger partial charge in [-0.25, -0.2) is 8.42 Å². The molecule has 0 bridgehead atoms. The van der Waals surface area contributed by atoms with Crippen LogP contribution in [0.1, 0.15) is 19.4 Å². The van der Waals surface area contributed by atoms with Crippen molar-refractivity contribution in [2.75, 3.05) is 26.7 Å². The zero-order valence-corrected chi connectivity index (χ0v) is 13.7. The van der Waals surface area contributed by atoms with Crippen LogP contribution in [0.5, 0.6) is 5.75 Å². The van der Waals surface area contributed by atoms with E-state index in [2.05, 4.69) is 11.9 Å². The summed E-state index contributed by atoms with van der Waals surface area (Å²) in [6, 6.07) is 4.96. The number of rotatable bonds is 9. The molecule has 0 saturated heterocycles. The van der Waals surface area contributed by atoms with Gasteiger partial charge in [-0.05, 0) is 31.7 Å². The normalized spacial score (nSPS) is 11.6. The van der Waals surface area contributed by atoms with E-state index in [0.29, 0.717) is 18.9 Å². The van der Waals surface area contributed by atoms with Crippen molar-refractivity contribution in [3.05, 3.63) is 36.4 Å². The van der Waals surface area contributed by atoms with Crippen molar-refractivity contribution >= 4 is 10.0 Å². The highest BCUT2D eigenvalue weighted by Crippen LogP contribution is 2.24. The van der Waals surface area contributed by atoms with Crippen LogP contribution >= 0.6 is 0 Å². The monoisotopic (exact) mass is 312 g/mol. The van der Waals surface area contributed by atoms with Crippen LogP contribution in [0.2, 0.25) is 0 Å². The Morgan fingerprint density at radius 3 is 2.67 bits per heavy atom. The standard InChI is InChI=1S/C15H24N2O3S/c1-5-10-17(4)21(18,19)14-8-9-15(20-7-3)13(11-14)12-16-6-2/h5,8-9,11,16H,1,6-7,10,12H2,2-4H3. The lowest BCUT2D eigenvalue weighted by atomic mass is 10.2. The van der Waals surface area contributed by atoms with Crippen molar-refractivity contribution < 1.29 is 13.2 Å². The largest absolute Gasteiger partial charge is 0.494 e. The van der Waals surface area contributed by atoms with E-state index in [1.807, 2.05) is 13.8 Å². The van der Waals surface area contributed by atoms with Crippen molar-refractivity contribution in [2.24, 2.45) is 0 Å². The summed E-state index contributed by atoms with van der Waals surface area (Å²) in [7, 11) is -1.96. The Balaban J connectivity index is 3.16. The van der Waals surface area contributed by atoms with Crippen LogP contribution in [0.15, 0.2) is 35.7 Å². The fourth-order valence-electron chi connectivity index (χ4n) is 1.87. The first-order chi connectivity index (χ1) is 9.97. The van der Waals surface area contributed by atoms with E-state index >= 15 is 0 Å². The molecule has 0 radical (unpaired) electrons. The summed E-state index contributed by atoms with van der Waals surface area (Å²) < 4.78 is 31.7. The van der Waals surface area contributed by atoms with Gasteiger partial charge in [0.2, 0.25) is 10.0 Å². The van der Waals surface area contributed by atoms with Gasteiger partial charge in [-0.2, -0.15) is 4.31 Å². The van der Waals surface area contributed by atoms with Gasteiger partial charge in [-0.1, -0.05) is 13.0 Å². The number of nitrogens with zero attached hydrogens (tertiary/aromatic N) is 1. The molecule has 0 unspecified atom stereocenters. The second kappa shape index (κ2) is 8.17. The first-order valence-corrected chi connectivity index (χ1v) is 8.45. The number of nitrogens with one attached hydrogen (secondary N) is 1. The predicted molar refractivity (Wildman–Crippen MR) is 85.0 cm³/mol. The van der Waals surface area contributed by atoms with Gasteiger partial charge in [0, 0.05) is 25.7 Å². The molecule has 118 valence electrons. The fourth-order valence-corrected chi connectivity index (χ4v) is 3.06. The number of hydrogen-bond acceptors (Lipinski definition) is 4. The van der Waals surface area contributed by atoms with Crippen LogP contribution in [0.25, 0.3) is 0 Å². The van der Waals surface area contributed by atoms with Gasteiger partial charge in [0.15, 0.2) is 0 Å². The molecule has 1 aromatic rings. The Bertz CT molecular complexity index is 570. The minimum Gasteiger partial charge on any atom is -0.494 e. The third-order valence-electron chi connectivity index (χ3n) is 2.99. The van der Waals surface area contributed by atoms with E-state index in [0.717, 1.165) is 12.1 Å². The third kappa shape index (κ3) is 4.56. The van der Waals surface area contributed by atoms with Crippen molar-refractivity contribution in [2.45, 2.75) is 25.3 Å². The van der Waals surface area contributed by atoms with E-state index in [1.165, 1.54) is 11.4 Å². The first-order valence-electron chi connectivity index (χ1n) is 7.01. The Kier molecular flexibility index (Phi) is 6.87. The number of likely N-dealkylation sites (N-methyl/N-ethyl adjacent to an activating group) is 1. The van der Waals surface area contributed by atoms with E-state index in [9.17, 15) is 8.42 Å². The van der Waals surface area contributed by atoms with Crippen molar-refractivity contribution in [1.82, 2.24) is 9.62 Å². The maximum atomic E-state index is 12.4. The summed E-state index contributed by atoms with van der Waals surface area (Å²) in [4.78, 5) is 0.267. The van der Waals surface area contributed by atoms with Gasteiger partial charge in [-0.15, -0.1) is 6.58 Å². The Morgan fingerprint density at radius 1 is 1.38 bits per heavy atom. The van der Waals surface area contributed by atoms with Crippen LogP contribution < -0.4 is 10.1 Å². The van der Waals surface area contributed by atoms with Gasteiger partial charge in [0.25, 0.3) is 0 Å². The third-order valence-corrected chi connectivity index (χ3v) is 4.81. The summed E-state index contributed by atoms with van der Waals surface area (Å²) in [5.74, 6) is 0.712. The van der Waals surface area contributed by atoms with Crippen LogP contribution in [-0.4, -0.2) is 39.5 Å². The summed E-state index contributed by atoms with van der Waals surface area (Å²) >= 11 is 0. The van der Waals surface area contributed by atoms with Crippen LogP contribution in [-0.2, 0) is 16.6 Å². The van der Waals surface area contributed by atoms with Gasteiger partial charge in [0.05, 0.1) is 11.5 Å². The predicted octanol–water partition coefficient (Wildman–Crippen LogP) is 2.00. The zero-order chi connectivity index (χ0) is 15.9. The topological polar surface area (TPSA) is 58.6 Å². The van der Waals surface area contributed by atoms with Gasteiger partial charge < -0.3 is 10.1 Å². The van der Waals surface area contributed by atoms with Gasteiger partial charge >= 0.3 is 0 Å². The number of ether oxygens (including phenoxy) is 1. The summed E-state index contributed by atoms with van der Waals surface area (Å²) in [6.45, 7) is 9.66. The van der Waals surface area contributed by atoms with E-state index < -0.39 is 10.0 Å². The summed E-state index contributed by atoms with van der Waals surface area (Å²) in [6.07, 6.45) is 1.56. The molecule has 0 aliphatic heterocycles. The molecule has 0 heterocycles. The smallest absolute Gasteiger partial charge is 0.243 e. The molecule has 1 rings (SSSR count). The maximum absolute atomic E-state index is 12.4. The summed E-state index contributed by atoms with van der Waals surface area (Å²) in [5.41, 5.74) is 0.840. The molecule has 1 aromatic carbocycles.